The molecular weight excluding hydrogens is 597 g/mol. The fourth-order valence-electron chi connectivity index (χ4n) is 4.45. The standard InChI is InChI=1S/C30H44FN3O6.BrH/c1-10-20(11-2)24(31)16-33-12-13-34(27(33)32-28(38)40-18-39-19(3)35)17-25(36)21-14-22(29(4,5)6)26(37)23(15-21)30(7,8)9;/h12-15,20,24,37H,10-11,16-18H2,1-9H3;1H/b32-27+;. The molecule has 0 radical (unpaired) electrons. The number of carbonyl (C=O) groups is 3. The monoisotopic (exact) mass is 641 g/mol. The van der Waals surface area contributed by atoms with Gasteiger partial charge in [-0.2, -0.15) is 0 Å². The number of esters is 1. The molecule has 0 aliphatic carbocycles. The number of aromatic hydroxyl groups is 1. The highest BCUT2D eigenvalue weighted by Crippen LogP contribution is 2.39. The van der Waals surface area contributed by atoms with Crippen molar-refractivity contribution < 1.29 is 33.4 Å². The van der Waals surface area contributed by atoms with Crippen LogP contribution in [0.4, 0.5) is 9.18 Å². The van der Waals surface area contributed by atoms with Crippen molar-refractivity contribution in [3.63, 3.8) is 0 Å². The number of ether oxygens (including phenoxy) is 2. The number of rotatable bonds is 10. The summed E-state index contributed by atoms with van der Waals surface area (Å²) in [5.74, 6) is -0.914. The Labute approximate surface area is 252 Å². The molecule has 1 unspecified atom stereocenters. The SMILES string of the molecule is Br.CCC(CC)C(F)Cn1ccn(CC(=O)c2cc(C(C)(C)C)c(O)c(C(C)(C)C)c2)/c1=N/C(=O)OCOC(C)=O. The zero-order chi connectivity index (χ0) is 30.4. The van der Waals surface area contributed by atoms with E-state index in [0.717, 1.165) is 0 Å². The molecule has 1 aromatic heterocycles. The van der Waals surface area contributed by atoms with E-state index in [0.29, 0.717) is 29.5 Å². The topological polar surface area (TPSA) is 112 Å². The van der Waals surface area contributed by atoms with E-state index in [1.165, 1.54) is 16.1 Å². The molecule has 230 valence electrons. The lowest BCUT2D eigenvalue weighted by Gasteiger charge is -2.28. The third-order valence-corrected chi connectivity index (χ3v) is 6.87. The van der Waals surface area contributed by atoms with Gasteiger partial charge in [-0.1, -0.05) is 68.2 Å². The summed E-state index contributed by atoms with van der Waals surface area (Å²) < 4.78 is 27.5. The summed E-state index contributed by atoms with van der Waals surface area (Å²) in [6.07, 6.45) is 2.19. The Morgan fingerprint density at radius 1 is 0.951 bits per heavy atom. The first-order valence-electron chi connectivity index (χ1n) is 13.6. The quantitative estimate of drug-likeness (QED) is 0.183. The van der Waals surface area contributed by atoms with Crippen LogP contribution in [-0.2, 0) is 38.2 Å². The number of amides is 1. The summed E-state index contributed by atoms with van der Waals surface area (Å²) in [6.45, 7) is 15.9. The summed E-state index contributed by atoms with van der Waals surface area (Å²) in [7, 11) is 0. The number of imidazole rings is 1. The first kappa shape index (κ1) is 36.1. The molecule has 2 rings (SSSR count). The number of halogens is 2. The molecule has 9 nitrogen and oxygen atoms in total. The number of ketones is 1. The largest absolute Gasteiger partial charge is 0.507 e. The maximum Gasteiger partial charge on any atom is 0.439 e. The van der Waals surface area contributed by atoms with Crippen molar-refractivity contribution in [2.24, 2.45) is 10.9 Å². The minimum absolute atomic E-state index is 0. The Balaban J connectivity index is 0.00000840. The number of Topliss-reactive ketones (excluding diaryl/α,β-unsaturated/α-hetero) is 1. The third-order valence-electron chi connectivity index (χ3n) is 6.87. The van der Waals surface area contributed by atoms with Crippen LogP contribution >= 0.6 is 17.0 Å². The summed E-state index contributed by atoms with van der Waals surface area (Å²) in [6, 6.07) is 3.39. The number of hydrogen-bond acceptors (Lipinski definition) is 6. The van der Waals surface area contributed by atoms with E-state index in [2.05, 4.69) is 9.73 Å². The summed E-state index contributed by atoms with van der Waals surface area (Å²) >= 11 is 0. The van der Waals surface area contributed by atoms with Crippen LogP contribution in [-0.4, -0.2) is 45.1 Å². The first-order valence-corrected chi connectivity index (χ1v) is 13.6. The number of phenolic OH excluding ortho intramolecular Hbond substituents is 1. The fourth-order valence-corrected chi connectivity index (χ4v) is 4.45. The van der Waals surface area contributed by atoms with E-state index >= 15 is 4.39 Å². The molecular formula is C30H45BrFN3O6. The highest BCUT2D eigenvalue weighted by molar-refractivity contribution is 8.93. The van der Waals surface area contributed by atoms with E-state index in [1.807, 2.05) is 55.4 Å². The van der Waals surface area contributed by atoms with Crippen molar-refractivity contribution >= 4 is 34.8 Å². The Bertz CT molecular complexity index is 1250. The Morgan fingerprint density at radius 3 is 1.93 bits per heavy atom. The molecule has 0 spiro atoms. The lowest BCUT2D eigenvalue weighted by molar-refractivity contribution is -0.148. The van der Waals surface area contributed by atoms with E-state index in [-0.39, 0.29) is 53.1 Å². The molecule has 1 atom stereocenters. The molecule has 2 aromatic rings. The van der Waals surface area contributed by atoms with Crippen molar-refractivity contribution in [3.05, 3.63) is 46.8 Å². The van der Waals surface area contributed by atoms with Gasteiger partial charge in [0.15, 0.2) is 5.78 Å². The number of hydrogen-bond donors (Lipinski definition) is 1. The summed E-state index contributed by atoms with van der Waals surface area (Å²) in [5, 5.41) is 11.0. The average Bonchev–Trinajstić information content (AvgIpc) is 3.18. The minimum Gasteiger partial charge on any atom is -0.507 e. The number of benzene rings is 1. The lowest BCUT2D eigenvalue weighted by atomic mass is 9.78. The van der Waals surface area contributed by atoms with E-state index in [1.54, 1.807) is 24.5 Å². The molecule has 1 amide bonds. The van der Waals surface area contributed by atoms with Crippen LogP contribution in [0, 0.1) is 5.92 Å². The van der Waals surface area contributed by atoms with Crippen molar-refractivity contribution in [3.8, 4) is 5.75 Å². The Morgan fingerprint density at radius 2 is 1.46 bits per heavy atom. The van der Waals surface area contributed by atoms with Gasteiger partial charge in [0.05, 0.1) is 13.1 Å². The minimum atomic E-state index is -1.20. The van der Waals surface area contributed by atoms with Crippen molar-refractivity contribution in [2.75, 3.05) is 6.79 Å². The average molecular weight is 643 g/mol. The van der Waals surface area contributed by atoms with Crippen LogP contribution in [0.3, 0.4) is 0 Å². The highest BCUT2D eigenvalue weighted by Gasteiger charge is 2.28. The van der Waals surface area contributed by atoms with E-state index < -0.39 is 35.9 Å². The predicted molar refractivity (Wildman–Crippen MR) is 160 cm³/mol. The van der Waals surface area contributed by atoms with Gasteiger partial charge >= 0.3 is 12.1 Å². The second kappa shape index (κ2) is 14.8. The third kappa shape index (κ3) is 9.83. The van der Waals surface area contributed by atoms with Crippen LogP contribution in [0.1, 0.15) is 96.6 Å². The van der Waals surface area contributed by atoms with Gasteiger partial charge in [-0.05, 0) is 28.9 Å². The van der Waals surface area contributed by atoms with E-state index in [9.17, 15) is 19.5 Å². The number of phenols is 1. The van der Waals surface area contributed by atoms with Gasteiger partial charge in [0, 0.05) is 36.0 Å². The molecule has 41 heavy (non-hydrogen) atoms. The van der Waals surface area contributed by atoms with Crippen LogP contribution in [0.2, 0.25) is 0 Å². The van der Waals surface area contributed by atoms with Gasteiger partial charge in [-0.3, -0.25) is 9.59 Å². The first-order chi connectivity index (χ1) is 18.5. The molecule has 1 heterocycles. The van der Waals surface area contributed by atoms with Crippen LogP contribution in [0.25, 0.3) is 0 Å². The molecule has 0 saturated heterocycles. The molecule has 0 fully saturated rings. The number of aromatic nitrogens is 2. The second-order valence-electron chi connectivity index (χ2n) is 12.1. The molecule has 0 aliphatic rings. The number of nitrogens with zero attached hydrogens (tertiary/aromatic N) is 3. The molecule has 0 saturated carbocycles. The van der Waals surface area contributed by atoms with Gasteiger partial charge in [0.25, 0.3) is 0 Å². The molecule has 1 N–H and O–H groups in total. The van der Waals surface area contributed by atoms with Gasteiger partial charge in [0.1, 0.15) is 11.9 Å². The van der Waals surface area contributed by atoms with Crippen LogP contribution in [0.15, 0.2) is 29.5 Å². The van der Waals surface area contributed by atoms with Gasteiger partial charge in [-0.15, -0.1) is 22.0 Å². The van der Waals surface area contributed by atoms with Crippen molar-refractivity contribution in [1.82, 2.24) is 9.13 Å². The van der Waals surface area contributed by atoms with Crippen molar-refractivity contribution in [2.45, 2.75) is 105 Å². The Kier molecular flexibility index (Phi) is 13.0. The second-order valence-corrected chi connectivity index (χ2v) is 12.1. The molecule has 1 aromatic carbocycles. The van der Waals surface area contributed by atoms with Crippen molar-refractivity contribution in [1.29, 1.82) is 0 Å². The van der Waals surface area contributed by atoms with Gasteiger partial charge < -0.3 is 23.7 Å². The molecule has 0 bridgehead atoms. The normalized spacial score (nSPS) is 13.1. The van der Waals surface area contributed by atoms with Crippen LogP contribution in [0.5, 0.6) is 5.75 Å². The predicted octanol–water partition coefficient (Wildman–Crippen LogP) is 6.38. The van der Waals surface area contributed by atoms with Gasteiger partial charge in [0.2, 0.25) is 12.4 Å². The smallest absolute Gasteiger partial charge is 0.439 e. The molecule has 11 heteroatoms. The Hall–Kier alpha value is -2.95. The molecule has 0 aliphatic heterocycles. The number of carbonyl (C=O) groups excluding carboxylic acids is 3. The highest BCUT2D eigenvalue weighted by atomic mass is 79.9. The summed E-state index contributed by atoms with van der Waals surface area (Å²) in [5.41, 5.74) is 0.880. The zero-order valence-electron chi connectivity index (χ0n) is 25.6. The maximum absolute atomic E-state index is 15.1. The fraction of sp³-hybridized carbons (Fsp3) is 0.600. The maximum atomic E-state index is 15.1. The lowest BCUT2D eigenvalue weighted by Crippen LogP contribution is -2.33. The van der Waals surface area contributed by atoms with Gasteiger partial charge in [-0.25, -0.2) is 9.18 Å². The zero-order valence-corrected chi connectivity index (χ0v) is 27.3. The number of alkyl halides is 1. The van der Waals surface area contributed by atoms with Crippen LogP contribution < -0.4 is 5.62 Å². The van der Waals surface area contributed by atoms with E-state index in [4.69, 9.17) is 4.74 Å². The summed E-state index contributed by atoms with van der Waals surface area (Å²) in [4.78, 5) is 41.0.